The van der Waals surface area contributed by atoms with Crippen molar-refractivity contribution in [3.8, 4) is 12.1 Å². The lowest BCUT2D eigenvalue weighted by molar-refractivity contribution is -0.134. The van der Waals surface area contributed by atoms with E-state index in [-0.39, 0.29) is 24.1 Å². The molecule has 0 aliphatic heterocycles. The van der Waals surface area contributed by atoms with Gasteiger partial charge in [0.1, 0.15) is 12.1 Å². The Hall–Kier alpha value is -2.21. The summed E-state index contributed by atoms with van der Waals surface area (Å²) in [6.07, 6.45) is -5.03. The highest BCUT2D eigenvalue weighted by molar-refractivity contribution is 5.56. The first-order valence-electron chi connectivity index (χ1n) is 5.21. The van der Waals surface area contributed by atoms with E-state index in [9.17, 15) is 13.2 Å². The highest BCUT2D eigenvalue weighted by atomic mass is 19.4. The average molecular weight is 253 g/mol. The molecule has 18 heavy (non-hydrogen) atoms. The molecule has 0 heterocycles. The van der Waals surface area contributed by atoms with Crippen LogP contribution in [0.1, 0.15) is 24.0 Å². The van der Waals surface area contributed by atoms with E-state index in [4.69, 9.17) is 10.5 Å². The minimum atomic E-state index is -4.15. The number of hydrogen-bond donors (Lipinski definition) is 1. The Morgan fingerprint density at radius 2 is 1.78 bits per heavy atom. The molecular formula is C12H10F3N3. The first-order valence-corrected chi connectivity index (χ1v) is 5.21. The van der Waals surface area contributed by atoms with Gasteiger partial charge in [-0.1, -0.05) is 0 Å². The molecular weight excluding hydrogens is 243 g/mol. The molecule has 0 aliphatic carbocycles. The van der Waals surface area contributed by atoms with Crippen LogP contribution in [0, 0.1) is 22.7 Å². The van der Waals surface area contributed by atoms with Gasteiger partial charge in [-0.2, -0.15) is 23.7 Å². The van der Waals surface area contributed by atoms with E-state index in [0.29, 0.717) is 5.69 Å². The maximum atomic E-state index is 11.9. The van der Waals surface area contributed by atoms with Crippen LogP contribution in [0.3, 0.4) is 0 Å². The third-order valence-corrected chi connectivity index (χ3v) is 2.23. The number of halogens is 3. The van der Waals surface area contributed by atoms with Gasteiger partial charge in [0.2, 0.25) is 0 Å². The lowest BCUT2D eigenvalue weighted by Crippen LogP contribution is -2.11. The molecule has 1 rings (SSSR count). The number of hydrogen-bond acceptors (Lipinski definition) is 3. The number of anilines is 1. The van der Waals surface area contributed by atoms with Gasteiger partial charge in [-0.05, 0) is 24.6 Å². The van der Waals surface area contributed by atoms with Gasteiger partial charge in [0.25, 0.3) is 0 Å². The zero-order chi connectivity index (χ0) is 13.6. The Morgan fingerprint density at radius 3 is 2.33 bits per heavy atom. The molecule has 94 valence electrons. The number of nitrogens with one attached hydrogen (secondary N) is 1. The molecule has 0 radical (unpaired) electrons. The molecule has 0 amide bonds. The summed E-state index contributed by atoms with van der Waals surface area (Å²) in [4.78, 5) is 0. The predicted octanol–water partition coefficient (Wildman–Crippen LogP) is 3.18. The van der Waals surface area contributed by atoms with Crippen LogP contribution < -0.4 is 5.32 Å². The minimum Gasteiger partial charge on any atom is -0.385 e. The van der Waals surface area contributed by atoms with Crippen LogP contribution in [0.5, 0.6) is 0 Å². The van der Waals surface area contributed by atoms with E-state index in [1.165, 1.54) is 12.1 Å². The van der Waals surface area contributed by atoms with Gasteiger partial charge >= 0.3 is 6.18 Å². The second kappa shape index (κ2) is 5.92. The molecule has 0 aliphatic rings. The molecule has 0 atom stereocenters. The summed E-state index contributed by atoms with van der Waals surface area (Å²) in [6, 6.07) is 8.20. The van der Waals surface area contributed by atoms with Crippen LogP contribution in [-0.4, -0.2) is 12.7 Å². The van der Waals surface area contributed by atoms with Crippen LogP contribution >= 0.6 is 0 Å². The molecule has 1 N–H and O–H groups in total. The number of benzene rings is 1. The second-order valence-corrected chi connectivity index (χ2v) is 3.63. The maximum Gasteiger partial charge on any atom is 0.389 e. The van der Waals surface area contributed by atoms with Crippen LogP contribution in [0.2, 0.25) is 0 Å². The third-order valence-electron chi connectivity index (χ3n) is 2.23. The summed E-state index contributed by atoms with van der Waals surface area (Å²) in [6.45, 7) is 0.163. The SMILES string of the molecule is N#Cc1ccc(NCCCC(F)(F)F)cc1C#N. The normalized spacial score (nSPS) is 10.5. The standard InChI is InChI=1S/C12H10F3N3/c13-12(14,15)4-1-5-18-11-3-2-9(7-16)10(6-11)8-17/h2-3,6,18H,1,4-5H2. The summed E-state index contributed by atoms with van der Waals surface area (Å²) in [5.41, 5.74) is 0.990. The van der Waals surface area contributed by atoms with E-state index >= 15 is 0 Å². The monoisotopic (exact) mass is 253 g/mol. The smallest absolute Gasteiger partial charge is 0.385 e. The van der Waals surface area contributed by atoms with E-state index < -0.39 is 12.6 Å². The maximum absolute atomic E-state index is 11.9. The summed E-state index contributed by atoms with van der Waals surface area (Å²) in [5, 5.41) is 20.3. The number of alkyl halides is 3. The lowest BCUT2D eigenvalue weighted by Gasteiger charge is -2.08. The number of nitriles is 2. The van der Waals surface area contributed by atoms with E-state index in [1.54, 1.807) is 6.07 Å². The van der Waals surface area contributed by atoms with Crippen molar-refractivity contribution in [3.05, 3.63) is 29.3 Å². The van der Waals surface area contributed by atoms with Gasteiger partial charge in [0, 0.05) is 18.7 Å². The first-order chi connectivity index (χ1) is 8.46. The Labute approximate surface area is 102 Å². The summed E-state index contributed by atoms with van der Waals surface area (Å²) in [5.74, 6) is 0. The van der Waals surface area contributed by atoms with Crippen molar-refractivity contribution in [1.29, 1.82) is 10.5 Å². The van der Waals surface area contributed by atoms with Crippen LogP contribution in [-0.2, 0) is 0 Å². The molecule has 0 aromatic heterocycles. The summed E-state index contributed by atoms with van der Waals surface area (Å²) >= 11 is 0. The molecule has 1 aromatic carbocycles. The van der Waals surface area contributed by atoms with E-state index in [0.717, 1.165) is 0 Å². The molecule has 0 unspecified atom stereocenters. The van der Waals surface area contributed by atoms with Crippen molar-refractivity contribution in [2.45, 2.75) is 19.0 Å². The number of nitrogens with zero attached hydrogens (tertiary/aromatic N) is 2. The third kappa shape index (κ3) is 4.34. The van der Waals surface area contributed by atoms with Gasteiger partial charge < -0.3 is 5.32 Å². The number of rotatable bonds is 4. The van der Waals surface area contributed by atoms with Crippen molar-refractivity contribution in [3.63, 3.8) is 0 Å². The van der Waals surface area contributed by atoms with Gasteiger partial charge in [0.15, 0.2) is 0 Å². The molecule has 0 saturated heterocycles. The van der Waals surface area contributed by atoms with Crippen molar-refractivity contribution >= 4 is 5.69 Å². The second-order valence-electron chi connectivity index (χ2n) is 3.63. The highest BCUT2D eigenvalue weighted by Gasteiger charge is 2.25. The molecule has 3 nitrogen and oxygen atoms in total. The fraction of sp³-hybridized carbons (Fsp3) is 0.333. The Balaban J connectivity index is 2.55. The Bertz CT molecular complexity index is 495. The minimum absolute atomic E-state index is 0.0363. The zero-order valence-corrected chi connectivity index (χ0v) is 9.38. The lowest BCUT2D eigenvalue weighted by atomic mass is 10.1. The summed E-state index contributed by atoms with van der Waals surface area (Å²) in [7, 11) is 0. The van der Waals surface area contributed by atoms with Crippen molar-refractivity contribution in [2.24, 2.45) is 0 Å². The van der Waals surface area contributed by atoms with Gasteiger partial charge in [-0.25, -0.2) is 0 Å². The average Bonchev–Trinajstić information content (AvgIpc) is 2.33. The quantitative estimate of drug-likeness (QED) is 0.838. The molecule has 6 heteroatoms. The van der Waals surface area contributed by atoms with E-state index in [2.05, 4.69) is 5.32 Å². The van der Waals surface area contributed by atoms with Crippen LogP contribution in [0.4, 0.5) is 18.9 Å². The summed E-state index contributed by atoms with van der Waals surface area (Å²) < 4.78 is 35.7. The van der Waals surface area contributed by atoms with Crippen molar-refractivity contribution in [1.82, 2.24) is 0 Å². The molecule has 0 bridgehead atoms. The molecule has 0 saturated carbocycles. The fourth-order valence-corrected chi connectivity index (χ4v) is 1.37. The first kappa shape index (κ1) is 13.9. The topological polar surface area (TPSA) is 59.6 Å². The van der Waals surface area contributed by atoms with Crippen molar-refractivity contribution < 1.29 is 13.2 Å². The zero-order valence-electron chi connectivity index (χ0n) is 9.38. The van der Waals surface area contributed by atoms with Gasteiger partial charge in [-0.3, -0.25) is 0 Å². The molecule has 1 aromatic rings. The Morgan fingerprint density at radius 1 is 1.11 bits per heavy atom. The van der Waals surface area contributed by atoms with Gasteiger partial charge in [0.05, 0.1) is 11.1 Å². The van der Waals surface area contributed by atoms with E-state index in [1.807, 2.05) is 12.1 Å². The highest BCUT2D eigenvalue weighted by Crippen LogP contribution is 2.21. The van der Waals surface area contributed by atoms with Crippen molar-refractivity contribution in [2.75, 3.05) is 11.9 Å². The largest absolute Gasteiger partial charge is 0.389 e. The van der Waals surface area contributed by atoms with Crippen LogP contribution in [0.25, 0.3) is 0 Å². The Kier molecular flexibility index (Phi) is 4.56. The molecule has 0 fully saturated rings. The van der Waals surface area contributed by atoms with Gasteiger partial charge in [-0.15, -0.1) is 0 Å². The fourth-order valence-electron chi connectivity index (χ4n) is 1.37. The van der Waals surface area contributed by atoms with Crippen LogP contribution in [0.15, 0.2) is 18.2 Å². The molecule has 0 spiro atoms. The predicted molar refractivity (Wildman–Crippen MR) is 59.7 cm³/mol.